The van der Waals surface area contributed by atoms with Crippen molar-refractivity contribution in [1.82, 2.24) is 10.0 Å². The molecule has 0 heterocycles. The summed E-state index contributed by atoms with van der Waals surface area (Å²) in [6.45, 7) is 9.88. The van der Waals surface area contributed by atoms with Crippen LogP contribution >= 0.6 is 11.6 Å². The van der Waals surface area contributed by atoms with Crippen LogP contribution in [0.3, 0.4) is 0 Å². The van der Waals surface area contributed by atoms with Gasteiger partial charge in [0.05, 0.1) is 17.1 Å². The zero-order valence-corrected chi connectivity index (χ0v) is 27.3. The van der Waals surface area contributed by atoms with Gasteiger partial charge in [-0.25, -0.2) is 17.9 Å². The van der Waals surface area contributed by atoms with E-state index in [9.17, 15) is 23.4 Å². The van der Waals surface area contributed by atoms with Gasteiger partial charge in [0.2, 0.25) is 0 Å². The van der Waals surface area contributed by atoms with E-state index < -0.39 is 16.1 Å². The van der Waals surface area contributed by atoms with Gasteiger partial charge in [-0.1, -0.05) is 45.7 Å². The Morgan fingerprint density at radius 2 is 1.67 bits per heavy atom. The fourth-order valence-electron chi connectivity index (χ4n) is 10.6. The van der Waals surface area contributed by atoms with E-state index in [-0.39, 0.29) is 33.9 Å². The van der Waals surface area contributed by atoms with E-state index in [2.05, 4.69) is 37.7 Å². The van der Waals surface area contributed by atoms with Crippen LogP contribution in [0.25, 0.3) is 0 Å². The third-order valence-electron chi connectivity index (χ3n) is 12.7. The van der Waals surface area contributed by atoms with Crippen LogP contribution in [0, 0.1) is 52.3 Å². The highest BCUT2D eigenvalue weighted by Gasteiger charge is 2.61. The summed E-state index contributed by atoms with van der Waals surface area (Å²) in [6, 6.07) is 5.00. The molecule has 0 radical (unpaired) electrons. The predicted octanol–water partition coefficient (Wildman–Crippen LogP) is 6.37. The van der Waals surface area contributed by atoms with Crippen LogP contribution in [0.5, 0.6) is 0 Å². The lowest BCUT2D eigenvalue weighted by atomic mass is 9.48. The quantitative estimate of drug-likeness (QED) is 0.282. The summed E-state index contributed by atoms with van der Waals surface area (Å²) >= 11 is 5.86. The Hall–Kier alpha value is -1.35. The molecule has 1 aromatic carbocycles. The lowest BCUT2D eigenvalue weighted by molar-refractivity contribution is -0.0964. The maximum absolute atomic E-state index is 12.5. The van der Waals surface area contributed by atoms with Gasteiger partial charge in [0.1, 0.15) is 0 Å². The Kier molecular flexibility index (Phi) is 9.32. The number of benzene rings is 1. The van der Waals surface area contributed by atoms with Crippen molar-refractivity contribution in [3.63, 3.8) is 0 Å². The van der Waals surface area contributed by atoms with E-state index in [0.717, 1.165) is 44.9 Å². The minimum absolute atomic E-state index is 0.00517. The molecule has 4 aliphatic carbocycles. The maximum atomic E-state index is 12.5. The second kappa shape index (κ2) is 12.2. The maximum Gasteiger partial charge on any atom is 0.328 e. The zero-order valence-electron chi connectivity index (χ0n) is 25.7. The van der Waals surface area contributed by atoms with E-state index in [1.54, 1.807) is 0 Å². The van der Waals surface area contributed by atoms with Crippen molar-refractivity contribution in [3.05, 3.63) is 29.3 Å². The number of fused-ring (bicyclic) bond motifs is 5. The van der Waals surface area contributed by atoms with Gasteiger partial charge in [0.25, 0.3) is 10.0 Å². The highest BCUT2D eigenvalue weighted by atomic mass is 35.5. The molecule has 9 heteroatoms. The van der Waals surface area contributed by atoms with Crippen molar-refractivity contribution in [2.75, 3.05) is 6.54 Å². The molecule has 236 valence electrons. The van der Waals surface area contributed by atoms with Crippen LogP contribution in [-0.2, 0) is 10.0 Å². The lowest BCUT2D eigenvalue weighted by Gasteiger charge is -2.57. The van der Waals surface area contributed by atoms with Crippen molar-refractivity contribution in [2.24, 2.45) is 52.3 Å². The largest absolute Gasteiger partial charge is 0.393 e. The number of hydrogen-bond acceptors (Lipinski definition) is 5. The van der Waals surface area contributed by atoms with Crippen molar-refractivity contribution in [1.29, 1.82) is 0 Å². The van der Waals surface area contributed by atoms with Gasteiger partial charge >= 0.3 is 6.03 Å². The Labute approximate surface area is 257 Å². The molecule has 4 saturated carbocycles. The normalized spacial score (nSPS) is 40.6. The van der Waals surface area contributed by atoms with E-state index in [4.69, 9.17) is 11.6 Å². The Bertz CT molecular complexity index is 1230. The first kappa shape index (κ1) is 32.1. The van der Waals surface area contributed by atoms with E-state index in [1.165, 1.54) is 43.5 Å². The second-order valence-electron chi connectivity index (χ2n) is 14.6. The number of hydrogen-bond donors (Lipinski definition) is 4. The van der Waals surface area contributed by atoms with Gasteiger partial charge in [-0.15, -0.1) is 0 Å². The predicted molar refractivity (Wildman–Crippen MR) is 165 cm³/mol. The number of halogens is 1. The molecule has 0 aliphatic heterocycles. The Balaban J connectivity index is 1.22. The summed E-state index contributed by atoms with van der Waals surface area (Å²) in [5, 5.41) is 25.4. The molecule has 2 amide bonds. The molecule has 5 rings (SSSR count). The average Bonchev–Trinajstić information content (AvgIpc) is 3.24. The molecular formula is C33H51ClN2O5S. The molecule has 42 heavy (non-hydrogen) atoms. The third-order valence-corrected chi connectivity index (χ3v) is 14.3. The highest BCUT2D eigenvalue weighted by molar-refractivity contribution is 7.90. The lowest BCUT2D eigenvalue weighted by Crippen LogP contribution is -2.51. The molecule has 0 aromatic heterocycles. The Morgan fingerprint density at radius 3 is 2.36 bits per heavy atom. The molecule has 0 spiro atoms. The first-order valence-corrected chi connectivity index (χ1v) is 18.1. The van der Waals surface area contributed by atoms with Crippen LogP contribution in [0.15, 0.2) is 29.2 Å². The third kappa shape index (κ3) is 5.87. The number of nitrogens with one attached hydrogen (secondary N) is 2. The molecule has 4 fully saturated rings. The van der Waals surface area contributed by atoms with Crippen LogP contribution in [-0.4, -0.2) is 43.4 Å². The van der Waals surface area contributed by atoms with E-state index in [0.29, 0.717) is 47.1 Å². The summed E-state index contributed by atoms with van der Waals surface area (Å²) in [7, 11) is -3.96. The number of carbonyl (C=O) groups is 1. The smallest absolute Gasteiger partial charge is 0.328 e. The zero-order chi connectivity index (χ0) is 30.4. The van der Waals surface area contributed by atoms with Gasteiger partial charge in [-0.2, -0.15) is 0 Å². The summed E-state index contributed by atoms with van der Waals surface area (Å²) in [6.07, 6.45) is 9.61. The monoisotopic (exact) mass is 622 g/mol. The molecule has 4 N–H and O–H groups in total. The molecule has 7 nitrogen and oxygen atoms in total. The number of urea groups is 1. The van der Waals surface area contributed by atoms with Crippen molar-refractivity contribution < 1.29 is 23.4 Å². The number of carbonyl (C=O) groups excluding carboxylic acids is 1. The SMILES string of the molecule is CC[C@H]1C(O)C[C@@H]2[C@@H]3CC[C@H]([C@H](C)CCNC(=O)NS(=O)(=O)c4ccc(Cl)cc4)[C@@]3(C)CC[C@@H]2[C@@]2(C)CC[C@@H](O)CC12. The number of aliphatic hydroxyl groups is 2. The standard InChI is InChI=1S/C33H51ClN2O5S/c1-5-24-29-18-22(37)12-15-33(29,4)28-13-16-32(3)26(10-11-27(32)25(28)19-30(24)38)20(2)14-17-35-31(39)36-42(40,41)23-8-6-21(34)7-9-23/h6-9,20,22,24-30,37-38H,5,10-19H2,1-4H3,(H2,35,36,39)/t20-,22-,24-,25-,26-,27+,28+,29?,30?,32-,33-/m1/s1. The highest BCUT2D eigenvalue weighted by Crippen LogP contribution is 2.68. The van der Waals surface area contributed by atoms with Gasteiger partial charge < -0.3 is 15.5 Å². The first-order chi connectivity index (χ1) is 19.8. The number of aliphatic hydroxyl groups excluding tert-OH is 2. The fraction of sp³-hybridized carbons (Fsp3) is 0.788. The fourth-order valence-corrected chi connectivity index (χ4v) is 11.7. The van der Waals surface area contributed by atoms with Crippen LogP contribution in [0.2, 0.25) is 5.02 Å². The van der Waals surface area contributed by atoms with Crippen LogP contribution in [0.4, 0.5) is 4.79 Å². The van der Waals surface area contributed by atoms with E-state index in [1.807, 2.05) is 0 Å². The van der Waals surface area contributed by atoms with Gasteiger partial charge in [0, 0.05) is 11.6 Å². The molecule has 4 aliphatic rings. The van der Waals surface area contributed by atoms with Crippen molar-refractivity contribution in [2.45, 2.75) is 109 Å². The van der Waals surface area contributed by atoms with Gasteiger partial charge in [-0.05, 0) is 134 Å². The van der Waals surface area contributed by atoms with E-state index >= 15 is 0 Å². The van der Waals surface area contributed by atoms with Gasteiger partial charge in [-0.3, -0.25) is 0 Å². The summed E-state index contributed by atoms with van der Waals surface area (Å²) in [5.74, 6) is 3.26. The minimum Gasteiger partial charge on any atom is -0.393 e. The first-order valence-electron chi connectivity index (χ1n) is 16.2. The summed E-state index contributed by atoms with van der Waals surface area (Å²) in [4.78, 5) is 12.5. The molecule has 0 saturated heterocycles. The van der Waals surface area contributed by atoms with Crippen molar-refractivity contribution in [3.8, 4) is 0 Å². The molecule has 11 atom stereocenters. The number of rotatable bonds is 7. The van der Waals surface area contributed by atoms with Crippen LogP contribution < -0.4 is 10.0 Å². The van der Waals surface area contributed by atoms with Crippen molar-refractivity contribution >= 4 is 27.7 Å². The topological polar surface area (TPSA) is 116 Å². The molecular weight excluding hydrogens is 572 g/mol. The molecule has 0 bridgehead atoms. The summed E-state index contributed by atoms with van der Waals surface area (Å²) < 4.78 is 27.2. The number of amides is 2. The van der Waals surface area contributed by atoms with Crippen LogP contribution in [0.1, 0.15) is 91.9 Å². The second-order valence-corrected chi connectivity index (χ2v) is 16.7. The number of sulfonamides is 1. The summed E-state index contributed by atoms with van der Waals surface area (Å²) in [5.41, 5.74) is 0.378. The van der Waals surface area contributed by atoms with Gasteiger partial charge in [0.15, 0.2) is 0 Å². The average molecular weight is 623 g/mol. The molecule has 2 unspecified atom stereocenters. The Morgan fingerprint density at radius 1 is 1.00 bits per heavy atom. The molecule has 1 aromatic rings. The minimum atomic E-state index is -3.96.